The van der Waals surface area contributed by atoms with Crippen molar-refractivity contribution in [3.8, 4) is 0 Å². The van der Waals surface area contributed by atoms with E-state index in [0.717, 1.165) is 22.2 Å². The van der Waals surface area contributed by atoms with Crippen LogP contribution in [0.2, 0.25) is 0 Å². The summed E-state index contributed by atoms with van der Waals surface area (Å²) in [5.41, 5.74) is 3.52. The molecule has 2 aromatic rings. The van der Waals surface area contributed by atoms with Crippen molar-refractivity contribution >= 4 is 23.1 Å². The van der Waals surface area contributed by atoms with E-state index in [2.05, 4.69) is 15.0 Å². The second-order valence-electron chi connectivity index (χ2n) is 3.73. The van der Waals surface area contributed by atoms with E-state index in [4.69, 9.17) is 5.41 Å². The van der Waals surface area contributed by atoms with Gasteiger partial charge in [0.2, 0.25) is 0 Å². The lowest BCUT2D eigenvalue weighted by Gasteiger charge is -1.98. The Bertz CT molecular complexity index is 681. The van der Waals surface area contributed by atoms with Crippen LogP contribution in [-0.4, -0.2) is 22.0 Å². The molecule has 1 aromatic carbocycles. The number of fused-ring (bicyclic) bond motifs is 2. The molecule has 4 heteroatoms. The summed E-state index contributed by atoms with van der Waals surface area (Å²) in [6, 6.07) is 9.52. The third-order valence-corrected chi connectivity index (χ3v) is 2.61. The van der Waals surface area contributed by atoms with Gasteiger partial charge in [0.15, 0.2) is 5.84 Å². The lowest BCUT2D eigenvalue weighted by Crippen LogP contribution is -1.92. The van der Waals surface area contributed by atoms with Crippen molar-refractivity contribution in [1.29, 1.82) is 5.41 Å². The first-order chi connectivity index (χ1) is 8.34. The normalized spacial score (nSPS) is 12.6. The van der Waals surface area contributed by atoms with Gasteiger partial charge in [0, 0.05) is 29.7 Å². The lowest BCUT2D eigenvalue weighted by molar-refractivity contribution is 1.38. The zero-order valence-electron chi connectivity index (χ0n) is 9.01. The van der Waals surface area contributed by atoms with E-state index < -0.39 is 0 Å². The molecule has 3 rings (SSSR count). The smallest absolute Gasteiger partial charge is 0.152 e. The molecule has 17 heavy (non-hydrogen) atoms. The Balaban J connectivity index is 2.39. The quantitative estimate of drug-likeness (QED) is 0.706. The number of nitrogens with one attached hydrogen (secondary N) is 2. The standard InChI is InChI=1S/C13H10N4/c14-13-10-7-12-11(6-9(10)8-17-13)15-4-2-1-3-5-16-12/h1-8,14-15H. The van der Waals surface area contributed by atoms with Gasteiger partial charge < -0.3 is 4.98 Å². The summed E-state index contributed by atoms with van der Waals surface area (Å²) in [6.07, 6.45) is 5.30. The molecule has 0 bridgehead atoms. The molecule has 2 heterocycles. The number of amidine groups is 1. The molecule has 82 valence electrons. The first-order valence-electron chi connectivity index (χ1n) is 5.28. The molecule has 0 unspecified atom stereocenters. The monoisotopic (exact) mass is 222 g/mol. The number of aliphatic imine (C=N–C) groups is 1. The Morgan fingerprint density at radius 3 is 3.00 bits per heavy atom. The number of rotatable bonds is 0. The highest BCUT2D eigenvalue weighted by Gasteiger charge is 2.12. The van der Waals surface area contributed by atoms with E-state index >= 15 is 0 Å². The van der Waals surface area contributed by atoms with Gasteiger partial charge in [-0.25, -0.2) is 4.99 Å². The van der Waals surface area contributed by atoms with E-state index in [9.17, 15) is 0 Å². The van der Waals surface area contributed by atoms with Crippen LogP contribution in [0.1, 0.15) is 11.1 Å². The number of aromatic nitrogens is 2. The highest BCUT2D eigenvalue weighted by atomic mass is 14.8. The molecule has 2 N–H and O–H groups in total. The first kappa shape index (κ1) is 9.72. The fraction of sp³-hybridized carbons (Fsp3) is 0. The molecule has 0 saturated heterocycles. The second-order valence-corrected chi connectivity index (χ2v) is 3.73. The topological polar surface area (TPSA) is 64.9 Å². The summed E-state index contributed by atoms with van der Waals surface area (Å²) >= 11 is 0. The number of benzene rings is 1. The molecule has 0 atom stereocenters. The number of aromatic amines is 1. The van der Waals surface area contributed by atoms with Crippen molar-refractivity contribution in [2.45, 2.75) is 0 Å². The van der Waals surface area contributed by atoms with Crippen molar-refractivity contribution < 1.29 is 0 Å². The zero-order valence-corrected chi connectivity index (χ0v) is 9.01. The fourth-order valence-electron chi connectivity index (χ4n) is 1.77. The van der Waals surface area contributed by atoms with Crippen LogP contribution in [0.25, 0.3) is 11.0 Å². The van der Waals surface area contributed by atoms with Gasteiger partial charge >= 0.3 is 0 Å². The Kier molecular flexibility index (Phi) is 2.19. The Morgan fingerprint density at radius 2 is 2.06 bits per heavy atom. The lowest BCUT2D eigenvalue weighted by atomic mass is 10.1. The molecule has 0 aliphatic carbocycles. The maximum atomic E-state index is 7.69. The van der Waals surface area contributed by atoms with E-state index in [1.165, 1.54) is 0 Å². The Hall–Kier alpha value is -2.49. The molecule has 4 nitrogen and oxygen atoms in total. The fourth-order valence-corrected chi connectivity index (χ4v) is 1.77. The van der Waals surface area contributed by atoms with Gasteiger partial charge in [-0.05, 0) is 24.3 Å². The third-order valence-electron chi connectivity index (χ3n) is 2.61. The van der Waals surface area contributed by atoms with Crippen molar-refractivity contribution in [1.82, 2.24) is 9.97 Å². The molecule has 1 aliphatic rings. The summed E-state index contributed by atoms with van der Waals surface area (Å²) in [4.78, 5) is 11.5. The van der Waals surface area contributed by atoms with E-state index in [-0.39, 0.29) is 0 Å². The van der Waals surface area contributed by atoms with Crippen LogP contribution in [-0.2, 0) is 0 Å². The average molecular weight is 222 g/mol. The average Bonchev–Trinajstić information content (AvgIpc) is 2.73. The first-order valence-corrected chi connectivity index (χ1v) is 5.28. The van der Waals surface area contributed by atoms with Crippen LogP contribution in [0.5, 0.6) is 0 Å². The van der Waals surface area contributed by atoms with E-state index in [1.54, 1.807) is 12.4 Å². The summed E-state index contributed by atoms with van der Waals surface area (Å²) in [7, 11) is 0. The number of hydrogen-bond acceptors (Lipinski definition) is 2. The number of hydrogen-bond donors (Lipinski definition) is 2. The summed E-state index contributed by atoms with van der Waals surface area (Å²) < 4.78 is 0. The summed E-state index contributed by atoms with van der Waals surface area (Å²) in [5, 5.41) is 7.69. The van der Waals surface area contributed by atoms with Gasteiger partial charge in [-0.3, -0.25) is 10.4 Å². The molecule has 0 saturated carbocycles. The van der Waals surface area contributed by atoms with Gasteiger partial charge in [-0.2, -0.15) is 0 Å². The van der Waals surface area contributed by atoms with Gasteiger partial charge in [0.1, 0.15) is 0 Å². The second kappa shape index (κ2) is 3.83. The summed E-state index contributed by atoms with van der Waals surface area (Å²) in [5.74, 6) is 0.295. The van der Waals surface area contributed by atoms with E-state index in [1.807, 2.05) is 36.5 Å². The van der Waals surface area contributed by atoms with Gasteiger partial charge in [-0.15, -0.1) is 0 Å². The molecule has 1 aliphatic heterocycles. The van der Waals surface area contributed by atoms with Gasteiger partial charge in [0.05, 0.1) is 11.0 Å². The van der Waals surface area contributed by atoms with Crippen molar-refractivity contribution in [3.05, 3.63) is 53.9 Å². The predicted octanol–water partition coefficient (Wildman–Crippen LogP) is 2.45. The SMILES string of the molecule is N=C1N=Cc2cc3[nH]cccccnc3cc21. The summed E-state index contributed by atoms with van der Waals surface area (Å²) in [6.45, 7) is 0. The Morgan fingerprint density at radius 1 is 1.12 bits per heavy atom. The minimum Gasteiger partial charge on any atom is -0.360 e. The highest BCUT2D eigenvalue weighted by Crippen LogP contribution is 2.19. The highest BCUT2D eigenvalue weighted by molar-refractivity contribution is 6.15. The third kappa shape index (κ3) is 1.69. The van der Waals surface area contributed by atoms with Crippen LogP contribution < -0.4 is 0 Å². The minimum atomic E-state index is 0.295. The Labute approximate surface area is 97.9 Å². The van der Waals surface area contributed by atoms with Crippen molar-refractivity contribution in [3.63, 3.8) is 0 Å². The number of nitrogens with zero attached hydrogens (tertiary/aromatic N) is 2. The molecule has 1 aromatic heterocycles. The van der Waals surface area contributed by atoms with Crippen LogP contribution in [0.3, 0.4) is 0 Å². The molecule has 0 spiro atoms. The van der Waals surface area contributed by atoms with Crippen LogP contribution >= 0.6 is 0 Å². The molecular formula is C13H10N4. The molecule has 0 radical (unpaired) electrons. The van der Waals surface area contributed by atoms with Gasteiger partial charge in [0.25, 0.3) is 0 Å². The molecule has 0 fully saturated rings. The predicted molar refractivity (Wildman–Crippen MR) is 68.1 cm³/mol. The maximum absolute atomic E-state index is 7.69. The largest absolute Gasteiger partial charge is 0.360 e. The van der Waals surface area contributed by atoms with Crippen LogP contribution in [0.4, 0.5) is 0 Å². The van der Waals surface area contributed by atoms with Crippen LogP contribution in [0.15, 0.2) is 47.7 Å². The van der Waals surface area contributed by atoms with Gasteiger partial charge in [-0.1, -0.05) is 6.07 Å². The van der Waals surface area contributed by atoms with Crippen molar-refractivity contribution in [2.24, 2.45) is 4.99 Å². The number of H-pyrrole nitrogens is 1. The van der Waals surface area contributed by atoms with Crippen molar-refractivity contribution in [2.75, 3.05) is 0 Å². The minimum absolute atomic E-state index is 0.295. The zero-order chi connectivity index (χ0) is 11.7. The molecule has 0 amide bonds. The van der Waals surface area contributed by atoms with E-state index in [0.29, 0.717) is 5.84 Å². The van der Waals surface area contributed by atoms with Crippen LogP contribution in [0, 0.1) is 5.41 Å². The maximum Gasteiger partial charge on any atom is 0.152 e. The molecular weight excluding hydrogens is 212 g/mol.